The lowest BCUT2D eigenvalue weighted by molar-refractivity contribution is -0.154. The molecule has 3 atom stereocenters. The SMILES string of the molecule is CCCCCCCCCCCCCCCCCC(=O)OC(COCCCCCCCCCCCCCCCC)COP(=O)(O)OCC(N)C(=O)O. The number of carboxylic acid groups (broad SMARTS) is 1. The number of rotatable bonds is 41. The van der Waals surface area contributed by atoms with E-state index < -0.39 is 45.1 Å². The molecule has 304 valence electrons. The summed E-state index contributed by atoms with van der Waals surface area (Å²) in [6.45, 7) is 3.92. The van der Waals surface area contributed by atoms with Gasteiger partial charge in [0.05, 0.1) is 19.8 Å². The lowest BCUT2D eigenvalue weighted by Gasteiger charge is -2.20. The molecule has 0 rings (SSSR count). The summed E-state index contributed by atoms with van der Waals surface area (Å²) in [5, 5.41) is 8.88. The summed E-state index contributed by atoms with van der Waals surface area (Å²) < 4.78 is 33.3. The molecule has 11 heteroatoms. The minimum absolute atomic E-state index is 0.0255. The predicted octanol–water partition coefficient (Wildman–Crippen LogP) is 11.2. The molecule has 0 amide bonds. The number of ether oxygens (including phenoxy) is 2. The summed E-state index contributed by atoms with van der Waals surface area (Å²) in [4.78, 5) is 33.5. The highest BCUT2D eigenvalue weighted by Gasteiger charge is 2.27. The molecule has 0 spiro atoms. The van der Waals surface area contributed by atoms with Crippen LogP contribution in [-0.2, 0) is 32.7 Å². The molecule has 0 fully saturated rings. The minimum atomic E-state index is -4.60. The Kier molecular flexibility index (Phi) is 36.5. The number of carbonyl (C=O) groups is 2. The van der Waals surface area contributed by atoms with E-state index in [1.165, 1.54) is 148 Å². The lowest BCUT2D eigenvalue weighted by atomic mass is 10.0. The fourth-order valence-corrected chi connectivity index (χ4v) is 6.85. The molecular formula is C40H80NO9P. The number of esters is 1. The third-order valence-electron chi connectivity index (χ3n) is 9.39. The second-order valence-electron chi connectivity index (χ2n) is 14.5. The number of carbonyl (C=O) groups excluding carboxylic acids is 1. The molecule has 0 aromatic carbocycles. The van der Waals surface area contributed by atoms with Crippen molar-refractivity contribution in [2.75, 3.05) is 26.4 Å². The number of hydrogen-bond acceptors (Lipinski definition) is 8. The van der Waals surface area contributed by atoms with Gasteiger partial charge in [0, 0.05) is 13.0 Å². The maximum atomic E-state index is 12.6. The molecule has 0 aliphatic heterocycles. The summed E-state index contributed by atoms with van der Waals surface area (Å²) in [5.41, 5.74) is 5.35. The topological polar surface area (TPSA) is 155 Å². The van der Waals surface area contributed by atoms with Crippen molar-refractivity contribution >= 4 is 19.8 Å². The van der Waals surface area contributed by atoms with E-state index in [0.717, 1.165) is 38.5 Å². The fraction of sp³-hybridized carbons (Fsp3) is 0.950. The van der Waals surface area contributed by atoms with Crippen molar-refractivity contribution in [3.05, 3.63) is 0 Å². The van der Waals surface area contributed by atoms with Crippen LogP contribution < -0.4 is 5.73 Å². The van der Waals surface area contributed by atoms with Gasteiger partial charge in [-0.2, -0.15) is 0 Å². The Morgan fingerprint density at radius 3 is 1.29 bits per heavy atom. The maximum absolute atomic E-state index is 12.6. The van der Waals surface area contributed by atoms with Crippen molar-refractivity contribution in [3.63, 3.8) is 0 Å². The molecule has 0 saturated carbocycles. The summed E-state index contributed by atoms with van der Waals surface area (Å²) in [7, 11) is -4.60. The number of carboxylic acids is 1. The van der Waals surface area contributed by atoms with Crippen molar-refractivity contribution < 1.29 is 42.7 Å². The van der Waals surface area contributed by atoms with E-state index in [9.17, 15) is 19.0 Å². The Morgan fingerprint density at radius 2 is 0.902 bits per heavy atom. The third kappa shape index (κ3) is 37.1. The Balaban J connectivity index is 4.21. The second-order valence-corrected chi connectivity index (χ2v) is 15.9. The first-order chi connectivity index (χ1) is 24.7. The van der Waals surface area contributed by atoms with Gasteiger partial charge in [-0.3, -0.25) is 18.6 Å². The summed E-state index contributed by atoms with van der Waals surface area (Å²) in [5.74, 6) is -1.77. The average Bonchev–Trinajstić information content (AvgIpc) is 3.10. The van der Waals surface area contributed by atoms with Crippen molar-refractivity contribution in [1.29, 1.82) is 0 Å². The van der Waals surface area contributed by atoms with E-state index in [-0.39, 0.29) is 13.0 Å². The predicted molar refractivity (Wildman–Crippen MR) is 208 cm³/mol. The lowest BCUT2D eigenvalue weighted by Crippen LogP contribution is -2.34. The minimum Gasteiger partial charge on any atom is -0.480 e. The van der Waals surface area contributed by atoms with Gasteiger partial charge in [0.2, 0.25) is 0 Å². The largest absolute Gasteiger partial charge is 0.480 e. The first kappa shape index (κ1) is 50.0. The summed E-state index contributed by atoms with van der Waals surface area (Å²) in [6, 6.07) is -1.47. The van der Waals surface area contributed by atoms with Crippen LogP contribution >= 0.6 is 7.82 Å². The van der Waals surface area contributed by atoms with Gasteiger partial charge < -0.3 is 25.2 Å². The Morgan fingerprint density at radius 1 is 0.549 bits per heavy atom. The van der Waals surface area contributed by atoms with Crippen molar-refractivity contribution in [2.45, 2.75) is 219 Å². The molecule has 0 aliphatic rings. The molecule has 0 aliphatic carbocycles. The van der Waals surface area contributed by atoms with Crippen molar-refractivity contribution in [1.82, 2.24) is 0 Å². The first-order valence-corrected chi connectivity index (χ1v) is 22.6. The van der Waals surface area contributed by atoms with Crippen LogP contribution in [0.5, 0.6) is 0 Å². The van der Waals surface area contributed by atoms with Crippen LogP contribution in [0.15, 0.2) is 0 Å². The van der Waals surface area contributed by atoms with Gasteiger partial charge in [0.15, 0.2) is 0 Å². The summed E-state index contributed by atoms with van der Waals surface area (Å²) >= 11 is 0. The third-order valence-corrected chi connectivity index (χ3v) is 10.3. The zero-order valence-corrected chi connectivity index (χ0v) is 33.9. The number of unbranched alkanes of at least 4 members (excludes halogenated alkanes) is 27. The number of phosphoric acid groups is 1. The number of nitrogens with two attached hydrogens (primary N) is 1. The number of phosphoric ester groups is 1. The van der Waals surface area contributed by atoms with Crippen molar-refractivity contribution in [2.24, 2.45) is 5.73 Å². The highest BCUT2D eigenvalue weighted by atomic mass is 31.2. The monoisotopic (exact) mass is 750 g/mol. The van der Waals surface area contributed by atoms with Crippen LogP contribution in [0.4, 0.5) is 0 Å². The van der Waals surface area contributed by atoms with E-state index in [0.29, 0.717) is 6.61 Å². The Labute approximate surface area is 312 Å². The highest BCUT2D eigenvalue weighted by Crippen LogP contribution is 2.43. The van der Waals surface area contributed by atoms with Gasteiger partial charge in [-0.05, 0) is 12.8 Å². The smallest absolute Gasteiger partial charge is 0.472 e. The normalized spacial score (nSPS) is 14.0. The van der Waals surface area contributed by atoms with Gasteiger partial charge >= 0.3 is 19.8 Å². The molecule has 0 saturated heterocycles. The van der Waals surface area contributed by atoms with Gasteiger partial charge in [-0.15, -0.1) is 0 Å². The highest BCUT2D eigenvalue weighted by molar-refractivity contribution is 7.47. The zero-order chi connectivity index (χ0) is 37.7. The van der Waals surface area contributed by atoms with Crippen LogP contribution in [0.2, 0.25) is 0 Å². The van der Waals surface area contributed by atoms with E-state index in [2.05, 4.69) is 13.8 Å². The molecule has 0 aromatic heterocycles. The number of aliphatic carboxylic acids is 1. The van der Waals surface area contributed by atoms with Gasteiger partial charge in [0.1, 0.15) is 12.1 Å². The molecule has 3 unspecified atom stereocenters. The zero-order valence-electron chi connectivity index (χ0n) is 33.0. The van der Waals surface area contributed by atoms with Crippen LogP contribution in [0.25, 0.3) is 0 Å². The van der Waals surface area contributed by atoms with Gasteiger partial charge in [0.25, 0.3) is 0 Å². The first-order valence-electron chi connectivity index (χ1n) is 21.1. The Hall–Kier alpha value is -1.03. The van der Waals surface area contributed by atoms with Gasteiger partial charge in [-0.25, -0.2) is 4.57 Å². The molecule has 4 N–H and O–H groups in total. The second kappa shape index (κ2) is 37.3. The molecule has 0 aromatic rings. The standard InChI is InChI=1S/C40H80NO9P/c1-3-5-7-9-11-13-15-17-19-20-22-24-26-28-30-32-39(42)50-37(35-48-51(45,46)49-36-38(41)40(43)44)34-47-33-31-29-27-25-23-21-18-16-14-12-10-8-6-4-2/h37-38H,3-36,41H2,1-2H3,(H,43,44)(H,45,46). The van der Waals surface area contributed by atoms with E-state index in [4.69, 9.17) is 29.4 Å². The molecule has 0 heterocycles. The molecule has 51 heavy (non-hydrogen) atoms. The summed E-state index contributed by atoms with van der Waals surface area (Å²) in [6.07, 6.45) is 35.7. The quantitative estimate of drug-likeness (QED) is 0.0312. The van der Waals surface area contributed by atoms with Gasteiger partial charge in [-0.1, -0.05) is 187 Å². The molecular weight excluding hydrogens is 669 g/mol. The fourth-order valence-electron chi connectivity index (χ4n) is 6.08. The van der Waals surface area contributed by atoms with Crippen LogP contribution in [0.3, 0.4) is 0 Å². The molecule has 10 nitrogen and oxygen atoms in total. The van der Waals surface area contributed by atoms with Crippen LogP contribution in [0.1, 0.15) is 206 Å². The van der Waals surface area contributed by atoms with Crippen molar-refractivity contribution in [3.8, 4) is 0 Å². The average molecular weight is 750 g/mol. The number of hydrogen-bond donors (Lipinski definition) is 3. The maximum Gasteiger partial charge on any atom is 0.472 e. The van der Waals surface area contributed by atoms with E-state index in [1.807, 2.05) is 0 Å². The molecule has 0 bridgehead atoms. The van der Waals surface area contributed by atoms with E-state index in [1.54, 1.807) is 0 Å². The van der Waals surface area contributed by atoms with Crippen LogP contribution in [-0.4, -0.2) is 60.5 Å². The van der Waals surface area contributed by atoms with Crippen LogP contribution in [0, 0.1) is 0 Å². The Bertz CT molecular complexity index is 832. The molecule has 0 radical (unpaired) electrons. The van der Waals surface area contributed by atoms with E-state index >= 15 is 0 Å².